The molecular formula is C14H25NO6. The highest BCUT2D eigenvalue weighted by Gasteiger charge is 2.36. The molecule has 7 heteroatoms. The minimum absolute atomic E-state index is 0.0204. The molecule has 1 aliphatic heterocycles. The van der Waals surface area contributed by atoms with Crippen LogP contribution in [0.4, 0.5) is 4.79 Å². The first kappa shape index (κ1) is 10.4. The second-order valence-corrected chi connectivity index (χ2v) is 5.57. The number of morpholine rings is 1. The molecule has 21 heavy (non-hydrogen) atoms. The van der Waals surface area contributed by atoms with E-state index < -0.39 is 50.4 Å². The lowest BCUT2D eigenvalue weighted by Crippen LogP contribution is -2.54. The first-order valence-corrected chi connectivity index (χ1v) is 6.50. The fourth-order valence-corrected chi connectivity index (χ4v) is 1.79. The van der Waals surface area contributed by atoms with E-state index in [-0.39, 0.29) is 19.7 Å². The van der Waals surface area contributed by atoms with E-state index in [0.29, 0.717) is 0 Å². The van der Waals surface area contributed by atoms with E-state index in [1.54, 1.807) is 20.8 Å². The Hall–Kier alpha value is -1.34. The van der Waals surface area contributed by atoms with E-state index in [4.69, 9.17) is 22.4 Å². The second-order valence-electron chi connectivity index (χ2n) is 5.57. The van der Waals surface area contributed by atoms with Gasteiger partial charge in [-0.1, -0.05) is 0 Å². The molecular weight excluding hydrogens is 278 g/mol. The van der Waals surface area contributed by atoms with Crippen LogP contribution in [0.5, 0.6) is 0 Å². The Morgan fingerprint density at radius 2 is 2.14 bits per heavy atom. The van der Waals surface area contributed by atoms with Gasteiger partial charge < -0.3 is 23.8 Å². The Balaban J connectivity index is 2.82. The molecule has 0 spiro atoms. The van der Waals surface area contributed by atoms with Crippen molar-refractivity contribution in [2.24, 2.45) is 0 Å². The Morgan fingerprint density at radius 3 is 2.76 bits per heavy atom. The van der Waals surface area contributed by atoms with Gasteiger partial charge >= 0.3 is 12.1 Å². The summed E-state index contributed by atoms with van der Waals surface area (Å²) in [5, 5.41) is 0. The van der Waals surface area contributed by atoms with Crippen molar-refractivity contribution in [3.63, 3.8) is 0 Å². The number of carbonyl (C=O) groups is 2. The standard InChI is InChI=1S/C14H25NO6/c1-6-19-9-10-7-15(13(17)21-14(2,3)4)8-11(20-10)12(16)18-5/h10-11H,6-9H2,1-5H3/t10-,11+/m0/s1/i1D3,5D3. The van der Waals surface area contributed by atoms with E-state index in [2.05, 4.69) is 4.74 Å². The van der Waals surface area contributed by atoms with Gasteiger partial charge in [-0.15, -0.1) is 0 Å². The normalized spacial score (nSPS) is 28.2. The van der Waals surface area contributed by atoms with Crippen LogP contribution in [0.15, 0.2) is 0 Å². The maximum atomic E-state index is 12.3. The molecule has 122 valence electrons. The molecule has 1 heterocycles. The number of esters is 1. The molecule has 0 bridgehead atoms. The Morgan fingerprint density at radius 1 is 1.38 bits per heavy atom. The molecule has 1 amide bonds. The van der Waals surface area contributed by atoms with Gasteiger partial charge in [0.2, 0.25) is 0 Å². The van der Waals surface area contributed by atoms with Crippen molar-refractivity contribution < 1.29 is 36.8 Å². The number of carbonyl (C=O) groups excluding carboxylic acids is 2. The molecule has 1 aliphatic rings. The molecule has 0 aliphatic carbocycles. The fraction of sp³-hybridized carbons (Fsp3) is 0.857. The minimum Gasteiger partial charge on any atom is -0.467 e. The summed E-state index contributed by atoms with van der Waals surface area (Å²) in [5.74, 6) is -1.16. The Bertz CT molecular complexity index is 494. The highest BCUT2D eigenvalue weighted by molar-refractivity contribution is 5.76. The van der Waals surface area contributed by atoms with Crippen LogP contribution in [0.1, 0.15) is 35.8 Å². The summed E-state index contributed by atoms with van der Waals surface area (Å²) >= 11 is 0. The van der Waals surface area contributed by atoms with Crippen molar-refractivity contribution >= 4 is 12.1 Å². The van der Waals surface area contributed by atoms with Gasteiger partial charge in [0.25, 0.3) is 0 Å². The fourth-order valence-electron chi connectivity index (χ4n) is 1.79. The summed E-state index contributed by atoms with van der Waals surface area (Å²) in [6.07, 6.45) is -2.95. The lowest BCUT2D eigenvalue weighted by molar-refractivity contribution is -0.170. The smallest absolute Gasteiger partial charge is 0.410 e. The second kappa shape index (κ2) is 7.61. The van der Waals surface area contributed by atoms with Crippen LogP contribution in [0.2, 0.25) is 0 Å². The van der Waals surface area contributed by atoms with Crippen molar-refractivity contribution in [2.45, 2.75) is 45.4 Å². The number of methoxy groups -OCH3 is 1. The lowest BCUT2D eigenvalue weighted by atomic mass is 10.2. The summed E-state index contributed by atoms with van der Waals surface area (Å²) in [7, 11) is -2.96. The zero-order valence-electron chi connectivity index (χ0n) is 18.4. The maximum Gasteiger partial charge on any atom is 0.410 e. The van der Waals surface area contributed by atoms with Crippen LogP contribution >= 0.6 is 0 Å². The molecule has 1 fully saturated rings. The quantitative estimate of drug-likeness (QED) is 0.727. The molecule has 0 unspecified atom stereocenters. The molecule has 7 nitrogen and oxygen atoms in total. The molecule has 0 aromatic rings. The van der Waals surface area contributed by atoms with Crippen LogP contribution in [-0.4, -0.2) is 68.1 Å². The summed E-state index contributed by atoms with van der Waals surface area (Å²) in [6, 6.07) is 0. The van der Waals surface area contributed by atoms with E-state index in [1.165, 1.54) is 4.90 Å². The van der Waals surface area contributed by atoms with Crippen molar-refractivity contribution in [2.75, 3.05) is 33.3 Å². The predicted molar refractivity (Wildman–Crippen MR) is 75.0 cm³/mol. The molecule has 0 aromatic heterocycles. The number of hydrogen-bond acceptors (Lipinski definition) is 6. The number of amides is 1. The topological polar surface area (TPSA) is 74.3 Å². The Labute approximate surface area is 133 Å². The summed E-state index contributed by atoms with van der Waals surface area (Å²) < 4.78 is 62.4. The number of ether oxygens (including phenoxy) is 4. The summed E-state index contributed by atoms with van der Waals surface area (Å²) in [4.78, 5) is 25.5. The minimum atomic E-state index is -2.96. The molecule has 1 saturated heterocycles. The first-order chi connectivity index (χ1) is 12.1. The van der Waals surface area contributed by atoms with Crippen molar-refractivity contribution in [3.8, 4) is 0 Å². The van der Waals surface area contributed by atoms with Crippen LogP contribution in [-0.2, 0) is 23.7 Å². The average molecular weight is 309 g/mol. The molecule has 1 rings (SSSR count). The van der Waals surface area contributed by atoms with Crippen LogP contribution < -0.4 is 0 Å². The van der Waals surface area contributed by atoms with Crippen molar-refractivity contribution in [3.05, 3.63) is 0 Å². The predicted octanol–water partition coefficient (Wildman–Crippen LogP) is 1.20. The zero-order valence-corrected chi connectivity index (χ0v) is 12.4. The van der Waals surface area contributed by atoms with Gasteiger partial charge in [0.1, 0.15) is 5.60 Å². The molecule has 0 aromatic carbocycles. The van der Waals surface area contributed by atoms with Gasteiger partial charge in [0, 0.05) is 10.7 Å². The monoisotopic (exact) mass is 309 g/mol. The first-order valence-electron chi connectivity index (χ1n) is 9.50. The van der Waals surface area contributed by atoms with Gasteiger partial charge in [-0.2, -0.15) is 0 Å². The van der Waals surface area contributed by atoms with E-state index >= 15 is 0 Å². The van der Waals surface area contributed by atoms with E-state index in [1.807, 2.05) is 0 Å². The van der Waals surface area contributed by atoms with Crippen LogP contribution in [0, 0.1) is 0 Å². The van der Waals surface area contributed by atoms with E-state index in [9.17, 15) is 9.59 Å². The molecule has 0 saturated carbocycles. The third kappa shape index (κ3) is 5.89. The SMILES string of the molecule is [2H]C([2H])([2H])COC[C@@H]1CN(C(=O)OC(C)(C)C)C[C@H](C(=O)OC([2H])([2H])[2H])O1. The number of nitrogens with zero attached hydrogens (tertiary/aromatic N) is 1. The summed E-state index contributed by atoms with van der Waals surface area (Å²) in [5.41, 5.74) is -0.780. The highest BCUT2D eigenvalue weighted by Crippen LogP contribution is 2.17. The van der Waals surface area contributed by atoms with Gasteiger partial charge in [0.05, 0.1) is 37.0 Å². The van der Waals surface area contributed by atoms with E-state index in [0.717, 1.165) is 0 Å². The third-order valence-corrected chi connectivity index (χ3v) is 2.59. The average Bonchev–Trinajstić information content (AvgIpc) is 2.42. The highest BCUT2D eigenvalue weighted by atomic mass is 16.6. The van der Waals surface area contributed by atoms with Crippen LogP contribution in [0.3, 0.4) is 0 Å². The molecule has 0 radical (unpaired) electrons. The Kier molecular flexibility index (Phi) is 3.77. The van der Waals surface area contributed by atoms with Gasteiger partial charge in [0.15, 0.2) is 6.10 Å². The zero-order chi connectivity index (χ0) is 21.0. The van der Waals surface area contributed by atoms with Crippen LogP contribution in [0.25, 0.3) is 0 Å². The lowest BCUT2D eigenvalue weighted by Gasteiger charge is -2.37. The van der Waals surface area contributed by atoms with Gasteiger partial charge in [-0.3, -0.25) is 0 Å². The van der Waals surface area contributed by atoms with Crippen molar-refractivity contribution in [1.29, 1.82) is 0 Å². The molecule has 2 atom stereocenters. The van der Waals surface area contributed by atoms with Gasteiger partial charge in [-0.25, -0.2) is 9.59 Å². The third-order valence-electron chi connectivity index (χ3n) is 2.59. The maximum absolute atomic E-state index is 12.3. The molecule has 0 N–H and O–H groups in total. The largest absolute Gasteiger partial charge is 0.467 e. The van der Waals surface area contributed by atoms with Gasteiger partial charge in [-0.05, 0) is 27.6 Å². The summed E-state index contributed by atoms with van der Waals surface area (Å²) in [6.45, 7) is 1.67. The number of hydrogen-bond donors (Lipinski definition) is 0. The van der Waals surface area contributed by atoms with Crippen molar-refractivity contribution in [1.82, 2.24) is 4.90 Å². The number of rotatable bonds is 4.